The van der Waals surface area contributed by atoms with E-state index in [9.17, 15) is 94.4 Å². The highest BCUT2D eigenvalue weighted by Crippen LogP contribution is 2.49. The van der Waals surface area contributed by atoms with Gasteiger partial charge in [-0.3, -0.25) is 28.2 Å². The van der Waals surface area contributed by atoms with E-state index in [0.717, 1.165) is 20.8 Å². The zero-order chi connectivity index (χ0) is 60.0. The molecular weight excluding hydrogens is 1120 g/mol. The van der Waals surface area contributed by atoms with E-state index in [2.05, 4.69) is 10.6 Å². The maximum absolute atomic E-state index is 13.5. The molecule has 0 bridgehead atoms. The summed E-state index contributed by atoms with van der Waals surface area (Å²) in [6, 6.07) is -3.89. The maximum Gasteiger partial charge on any atom is 0.474 e. The molecule has 0 aromatic rings. The summed E-state index contributed by atoms with van der Waals surface area (Å²) >= 11 is 0. The van der Waals surface area contributed by atoms with Gasteiger partial charge in [0.2, 0.25) is 23.6 Å². The first-order valence-electron chi connectivity index (χ1n) is 24.1. The fraction of sp³-hybridized carbons (Fsp3) is 0.854. The zero-order valence-electron chi connectivity index (χ0n) is 42.6. The minimum Gasteiger partial charge on any atom is -0.479 e. The molecule has 80 heavy (non-hydrogen) atoms. The Balaban J connectivity index is 1.57. The van der Waals surface area contributed by atoms with Gasteiger partial charge in [-0.1, -0.05) is 0 Å². The molecule has 5 saturated heterocycles. The van der Waals surface area contributed by atoms with Crippen LogP contribution in [0.4, 0.5) is 4.79 Å². The van der Waals surface area contributed by atoms with E-state index in [1.165, 1.54) is 6.92 Å². The van der Waals surface area contributed by atoms with Crippen LogP contribution in [-0.2, 0) is 89.7 Å². The van der Waals surface area contributed by atoms with Crippen LogP contribution >= 0.6 is 7.82 Å². The molecule has 0 aromatic carbocycles. The molecule has 0 aromatic heterocycles. The van der Waals surface area contributed by atoms with Gasteiger partial charge in [0.15, 0.2) is 62.0 Å². The Morgan fingerprint density at radius 2 is 1.20 bits per heavy atom. The van der Waals surface area contributed by atoms with Crippen molar-refractivity contribution in [3.05, 3.63) is 0 Å². The number of nitrogens with two attached hydrogens (primary N) is 3. The molecule has 0 radical (unpaired) electrons. The van der Waals surface area contributed by atoms with Crippen molar-refractivity contribution in [3.8, 4) is 0 Å². The number of aliphatic hydroxyl groups is 11. The lowest BCUT2D eigenvalue weighted by molar-refractivity contribution is -0.375. The van der Waals surface area contributed by atoms with Gasteiger partial charge >= 0.3 is 19.9 Å². The minimum absolute atomic E-state index is 0.605. The molecule has 21 N–H and O–H groups in total. The normalized spacial score (nSPS) is 42.5. The number of nitrogens with one attached hydrogen (secondary N) is 2. The summed E-state index contributed by atoms with van der Waals surface area (Å²) in [6.07, 6.45) is -49.5. The fourth-order valence-electron chi connectivity index (χ4n) is 9.06. The third-order valence-corrected chi connectivity index (χ3v) is 13.9. The van der Waals surface area contributed by atoms with Gasteiger partial charge in [0.05, 0.1) is 39.1 Å². The lowest BCUT2D eigenvalue weighted by atomic mass is 9.85. The van der Waals surface area contributed by atoms with Crippen LogP contribution < -0.4 is 27.8 Å². The van der Waals surface area contributed by atoms with E-state index in [1.54, 1.807) is 0 Å². The van der Waals surface area contributed by atoms with Crippen molar-refractivity contribution in [1.29, 1.82) is 0 Å². The minimum atomic E-state index is -5.78. The summed E-state index contributed by atoms with van der Waals surface area (Å²) < 4.78 is 85.7. The average molecular weight is 1190 g/mol. The lowest BCUT2D eigenvalue weighted by Gasteiger charge is -2.52. The predicted octanol–water partition coefficient (Wildman–Crippen LogP) is -11.5. The third kappa shape index (κ3) is 15.7. The van der Waals surface area contributed by atoms with E-state index < -0.39 is 236 Å². The van der Waals surface area contributed by atoms with Gasteiger partial charge in [-0.25, -0.2) is 14.2 Å². The van der Waals surface area contributed by atoms with Crippen LogP contribution in [0.3, 0.4) is 0 Å². The van der Waals surface area contributed by atoms with Crippen molar-refractivity contribution < 1.29 is 161 Å². The highest BCUT2D eigenvalue weighted by Gasteiger charge is 2.62. The number of primary amides is 3. The summed E-state index contributed by atoms with van der Waals surface area (Å²) in [5.74, 6) is -6.52. The first kappa shape index (κ1) is 66.7. The van der Waals surface area contributed by atoms with Crippen LogP contribution in [0.15, 0.2) is 0 Å². The second-order valence-electron chi connectivity index (χ2n) is 19.0. The third-order valence-electron chi connectivity index (χ3n) is 13.0. The first-order valence-corrected chi connectivity index (χ1v) is 25.6. The van der Waals surface area contributed by atoms with E-state index in [4.69, 9.17) is 83.5 Å². The second-order valence-corrected chi connectivity index (χ2v) is 20.4. The molecule has 5 amide bonds. The Hall–Kier alpha value is -4.11. The summed E-state index contributed by atoms with van der Waals surface area (Å²) in [7, 11) is -5.78. The molecule has 5 aliphatic heterocycles. The van der Waals surface area contributed by atoms with Crippen LogP contribution in [-0.4, -0.2) is 294 Å². The Kier molecular flexibility index (Phi) is 23.3. The van der Waals surface area contributed by atoms with Crippen LogP contribution in [0.2, 0.25) is 0 Å². The topological polar surface area (TPSA) is 605 Å². The fourth-order valence-corrected chi connectivity index (χ4v) is 9.88. The highest BCUT2D eigenvalue weighted by atomic mass is 31.2. The quantitative estimate of drug-likeness (QED) is 0.0399. The van der Waals surface area contributed by atoms with Crippen LogP contribution in [0, 0.1) is 0 Å². The molecule has 0 aliphatic carbocycles. The van der Waals surface area contributed by atoms with Gasteiger partial charge < -0.3 is 146 Å². The van der Waals surface area contributed by atoms with Gasteiger partial charge in [0.25, 0.3) is 0 Å². The highest BCUT2D eigenvalue weighted by molar-refractivity contribution is 7.47. The van der Waals surface area contributed by atoms with E-state index in [-0.39, 0.29) is 0 Å². The molecule has 5 fully saturated rings. The number of phosphoric acid groups is 1. The van der Waals surface area contributed by atoms with Gasteiger partial charge in [-0.2, -0.15) is 0 Å². The largest absolute Gasteiger partial charge is 0.479 e. The number of hydrogen-bond donors (Lipinski definition) is 18. The summed E-state index contributed by atoms with van der Waals surface area (Å²) in [5.41, 5.74) is 13.2. The maximum atomic E-state index is 13.5. The van der Waals surface area contributed by atoms with Crippen molar-refractivity contribution in [1.82, 2.24) is 10.6 Å². The van der Waals surface area contributed by atoms with Gasteiger partial charge in [0, 0.05) is 13.8 Å². The molecule has 39 heteroatoms. The van der Waals surface area contributed by atoms with Gasteiger partial charge in [0.1, 0.15) is 90.9 Å². The number of ether oxygens (including phenoxy) is 11. The number of aliphatic hydroxyl groups excluding tert-OH is 10. The van der Waals surface area contributed by atoms with Crippen LogP contribution in [0.25, 0.3) is 0 Å². The molecule has 27 atom stereocenters. The van der Waals surface area contributed by atoms with Crippen LogP contribution in [0.5, 0.6) is 0 Å². The number of hydrogen-bond acceptors (Lipinski definition) is 31. The molecule has 5 aliphatic rings. The number of carbonyl (C=O) groups is 6. The standard InChI is InChI=1S/C41H68N5O33P/c1-10-26(73-38-25(58)22(55)23(56)28(75-38)32(42)59)19(52)16(45-11(2)49)35(70-10)74-27-14(8-68-37-24(57)21(54)18(51)13(7-48)71-37)72-36(17(20(27)53)46-12(3)50)76-29-30(78-40(44)63)41(4,64)31(33(43)60)77-39(29)79-80(65,66)69-9-15(34(61)62)67-6-5-47/h10,13-31,35-39,47-48,51-58,64H,5-9H2,1-4H3,(H2,42,59)(H2,43,60)(H2,44,63)(H,45,49)(H,46,50)(H,61,62)(H,65,66)/t10-,13-,14-,15-,16-,17-,18-,19-,20-,21+,22+,23-,24-,25-,26-,27-,28+,29-,30-,31-,35+,36+,37-,38-,39-,41+/m1/s1. The van der Waals surface area contributed by atoms with Crippen molar-refractivity contribution >= 4 is 43.5 Å². The molecule has 460 valence electrons. The summed E-state index contributed by atoms with van der Waals surface area (Å²) in [6.45, 7) is -0.746. The summed E-state index contributed by atoms with van der Waals surface area (Å²) in [5, 5.41) is 132. The molecular formula is C41H68N5O33P. The molecule has 1 unspecified atom stereocenters. The first-order chi connectivity index (χ1) is 37.3. The molecule has 5 heterocycles. The van der Waals surface area contributed by atoms with E-state index in [0.29, 0.717) is 0 Å². The number of aliphatic carboxylic acids is 1. The Labute approximate surface area is 451 Å². The second kappa shape index (κ2) is 28.0. The molecule has 0 saturated carbocycles. The van der Waals surface area contributed by atoms with Crippen molar-refractivity contribution in [2.24, 2.45) is 17.2 Å². The molecule has 38 nitrogen and oxygen atoms in total. The Bertz CT molecular complexity index is 2190. The summed E-state index contributed by atoms with van der Waals surface area (Å²) in [4.78, 5) is 85.6. The van der Waals surface area contributed by atoms with Crippen LogP contribution in [0.1, 0.15) is 27.7 Å². The monoisotopic (exact) mass is 1190 g/mol. The predicted molar refractivity (Wildman–Crippen MR) is 245 cm³/mol. The SMILES string of the molecule is CC(=O)N[C@H]1[C@H](O[C@H]2[C@H](O)[C@@H](NC(C)=O)[C@H](O[C@H]3[C@@H](OP(=O)(O)OC[C@@H](OCCO)C(=O)O)O[C@H](C(N)=O)[C@@](C)(O)[C@@H]3OC(N)=O)O[C@@H]2CO[C@@H]2O[C@H](CO)[C@@H](O)[C@H](O)[C@H]2O)O[C@H](C)[C@@H](O[C@@H]2O[C@H](C(N)=O)[C@H](O)[C@H](O)[C@H]2O)[C@@H]1O. The lowest BCUT2D eigenvalue weighted by Crippen LogP contribution is -2.72. The molecule has 0 spiro atoms. The number of phosphoric ester groups is 1. The van der Waals surface area contributed by atoms with Gasteiger partial charge in [-0.15, -0.1) is 0 Å². The molecule has 5 rings (SSSR count). The van der Waals surface area contributed by atoms with Gasteiger partial charge in [-0.05, 0) is 13.8 Å². The van der Waals surface area contributed by atoms with Crippen molar-refractivity contribution in [3.63, 3.8) is 0 Å². The number of amides is 5. The average Bonchev–Trinajstić information content (AvgIpc) is 3.57. The Morgan fingerprint density at radius 3 is 1.74 bits per heavy atom. The van der Waals surface area contributed by atoms with Crippen molar-refractivity contribution in [2.45, 2.75) is 187 Å². The number of rotatable bonds is 24. The Morgan fingerprint density at radius 1 is 0.662 bits per heavy atom. The van der Waals surface area contributed by atoms with Crippen molar-refractivity contribution in [2.75, 3.05) is 33.0 Å². The van der Waals surface area contributed by atoms with E-state index in [1.807, 2.05) is 0 Å². The number of carboxylic acids is 1. The van der Waals surface area contributed by atoms with E-state index >= 15 is 0 Å². The number of carbonyl (C=O) groups excluding carboxylic acids is 5. The smallest absolute Gasteiger partial charge is 0.474 e. The number of carboxylic acid groups (broad SMARTS) is 1. The zero-order valence-corrected chi connectivity index (χ0v) is 43.5.